The van der Waals surface area contributed by atoms with Gasteiger partial charge in [-0.15, -0.1) is 0 Å². The van der Waals surface area contributed by atoms with E-state index in [1.54, 1.807) is 11.8 Å². The first kappa shape index (κ1) is 14.0. The molecule has 0 saturated carbocycles. The maximum absolute atomic E-state index is 9.97. The molecular weight excluding hydrogens is 286 g/mol. The minimum atomic E-state index is -0.638. The highest BCUT2D eigenvalue weighted by molar-refractivity contribution is 9.10. The van der Waals surface area contributed by atoms with Crippen LogP contribution in [0.1, 0.15) is 12.5 Å². The second kappa shape index (κ2) is 6.64. The van der Waals surface area contributed by atoms with Crippen LogP contribution in [0.3, 0.4) is 0 Å². The summed E-state index contributed by atoms with van der Waals surface area (Å²) in [6.07, 6.45) is 2.00. The van der Waals surface area contributed by atoms with Crippen LogP contribution in [-0.2, 0) is 6.54 Å². The maximum Gasteiger partial charge on any atom is 0.0833 e. The van der Waals surface area contributed by atoms with Crippen LogP contribution in [0.4, 0.5) is 0 Å². The van der Waals surface area contributed by atoms with Crippen LogP contribution in [-0.4, -0.2) is 29.3 Å². The van der Waals surface area contributed by atoms with Crippen molar-refractivity contribution in [2.45, 2.75) is 19.1 Å². The third kappa shape index (κ3) is 4.87. The lowest BCUT2D eigenvalue weighted by molar-refractivity contribution is 0.0846. The summed E-state index contributed by atoms with van der Waals surface area (Å²) in [5, 5.41) is 13.2. The number of rotatable bonds is 6. The molecule has 0 radical (unpaired) electrons. The van der Waals surface area contributed by atoms with Gasteiger partial charge in [0.05, 0.1) is 5.60 Å². The van der Waals surface area contributed by atoms with Gasteiger partial charge in [0.1, 0.15) is 0 Å². The van der Waals surface area contributed by atoms with Gasteiger partial charge in [-0.05, 0) is 24.8 Å². The van der Waals surface area contributed by atoms with E-state index in [-0.39, 0.29) is 0 Å². The lowest BCUT2D eigenvalue weighted by Crippen LogP contribution is -2.39. The number of benzene rings is 1. The highest BCUT2D eigenvalue weighted by atomic mass is 79.9. The molecule has 0 aliphatic carbocycles. The predicted molar refractivity (Wildman–Crippen MR) is 74.9 cm³/mol. The fraction of sp³-hybridized carbons (Fsp3) is 0.500. The summed E-state index contributed by atoms with van der Waals surface area (Å²) < 4.78 is 1.10. The molecule has 90 valence electrons. The van der Waals surface area contributed by atoms with E-state index in [2.05, 4.69) is 27.3 Å². The Bertz CT molecular complexity index is 331. The third-order valence-electron chi connectivity index (χ3n) is 2.23. The average Bonchev–Trinajstić information content (AvgIpc) is 2.20. The largest absolute Gasteiger partial charge is 0.388 e. The average molecular weight is 304 g/mol. The first-order valence-electron chi connectivity index (χ1n) is 5.20. The van der Waals surface area contributed by atoms with Gasteiger partial charge in [-0.25, -0.2) is 0 Å². The molecule has 1 atom stereocenters. The summed E-state index contributed by atoms with van der Waals surface area (Å²) in [6.45, 7) is 3.23. The summed E-state index contributed by atoms with van der Waals surface area (Å²) >= 11 is 5.16. The van der Waals surface area contributed by atoms with Gasteiger partial charge in [-0.2, -0.15) is 11.8 Å². The van der Waals surface area contributed by atoms with Crippen molar-refractivity contribution in [3.05, 3.63) is 34.3 Å². The van der Waals surface area contributed by atoms with Crippen LogP contribution in [0.15, 0.2) is 28.7 Å². The molecule has 0 aliphatic heterocycles. The van der Waals surface area contributed by atoms with Crippen molar-refractivity contribution in [2.24, 2.45) is 0 Å². The SMILES string of the molecule is CSCC(C)(O)CNCc1ccccc1Br. The fourth-order valence-corrected chi connectivity index (χ4v) is 2.62. The van der Waals surface area contributed by atoms with E-state index >= 15 is 0 Å². The van der Waals surface area contributed by atoms with Gasteiger partial charge in [-0.3, -0.25) is 0 Å². The number of nitrogens with one attached hydrogen (secondary N) is 1. The lowest BCUT2D eigenvalue weighted by atomic mass is 10.1. The summed E-state index contributed by atoms with van der Waals surface area (Å²) in [6, 6.07) is 8.11. The molecule has 0 heterocycles. The number of hydrogen-bond donors (Lipinski definition) is 2. The second-order valence-electron chi connectivity index (χ2n) is 4.12. The van der Waals surface area contributed by atoms with Crippen LogP contribution in [0, 0.1) is 0 Å². The molecular formula is C12H18BrNOS. The molecule has 0 aliphatic rings. The van der Waals surface area contributed by atoms with Gasteiger partial charge in [0.2, 0.25) is 0 Å². The highest BCUT2D eigenvalue weighted by Crippen LogP contribution is 2.16. The molecule has 4 heteroatoms. The Balaban J connectivity index is 2.39. The van der Waals surface area contributed by atoms with Crippen molar-refractivity contribution in [1.29, 1.82) is 0 Å². The smallest absolute Gasteiger partial charge is 0.0833 e. The highest BCUT2D eigenvalue weighted by Gasteiger charge is 2.18. The van der Waals surface area contributed by atoms with Gasteiger partial charge in [0, 0.05) is 23.3 Å². The molecule has 0 aromatic heterocycles. The van der Waals surface area contributed by atoms with Crippen LogP contribution < -0.4 is 5.32 Å². The van der Waals surface area contributed by atoms with Crippen LogP contribution in [0.2, 0.25) is 0 Å². The Hall–Kier alpha value is -0.0300. The molecule has 1 aromatic rings. The van der Waals surface area contributed by atoms with Crippen molar-refractivity contribution in [3.63, 3.8) is 0 Å². The zero-order valence-corrected chi connectivity index (χ0v) is 12.1. The Morgan fingerprint density at radius 2 is 2.12 bits per heavy atom. The van der Waals surface area contributed by atoms with E-state index in [1.807, 2.05) is 31.4 Å². The lowest BCUT2D eigenvalue weighted by Gasteiger charge is -2.22. The molecule has 16 heavy (non-hydrogen) atoms. The van der Waals surface area contributed by atoms with E-state index < -0.39 is 5.60 Å². The monoisotopic (exact) mass is 303 g/mol. The first-order valence-corrected chi connectivity index (χ1v) is 7.39. The predicted octanol–water partition coefficient (Wildman–Crippen LogP) is 2.65. The van der Waals surface area contributed by atoms with Crippen molar-refractivity contribution in [2.75, 3.05) is 18.6 Å². The normalized spacial score (nSPS) is 14.8. The second-order valence-corrected chi connectivity index (χ2v) is 5.85. The topological polar surface area (TPSA) is 32.3 Å². The minimum absolute atomic E-state index is 0.606. The van der Waals surface area contributed by atoms with Crippen LogP contribution in [0.25, 0.3) is 0 Å². The number of hydrogen-bond acceptors (Lipinski definition) is 3. The fourth-order valence-electron chi connectivity index (χ4n) is 1.47. The van der Waals surface area contributed by atoms with Gasteiger partial charge in [-0.1, -0.05) is 34.1 Å². The summed E-state index contributed by atoms with van der Waals surface area (Å²) in [5.41, 5.74) is 0.572. The van der Waals surface area contributed by atoms with E-state index in [0.29, 0.717) is 6.54 Å². The summed E-state index contributed by atoms with van der Waals surface area (Å²) in [4.78, 5) is 0. The number of halogens is 1. The van der Waals surface area contributed by atoms with Crippen LogP contribution >= 0.6 is 27.7 Å². The summed E-state index contributed by atoms with van der Waals surface area (Å²) in [5.74, 6) is 0.746. The first-order chi connectivity index (χ1) is 7.55. The third-order valence-corrected chi connectivity index (χ3v) is 3.92. The Morgan fingerprint density at radius 1 is 1.44 bits per heavy atom. The van der Waals surface area contributed by atoms with Crippen molar-refractivity contribution < 1.29 is 5.11 Å². The van der Waals surface area contributed by atoms with Crippen molar-refractivity contribution >= 4 is 27.7 Å². The van der Waals surface area contributed by atoms with Gasteiger partial charge < -0.3 is 10.4 Å². The zero-order chi connectivity index (χ0) is 12.0. The Labute approximate surface area is 110 Å². The molecule has 2 nitrogen and oxygen atoms in total. The Kier molecular flexibility index (Phi) is 5.83. The molecule has 0 saturated heterocycles. The molecule has 2 N–H and O–H groups in total. The van der Waals surface area contributed by atoms with Crippen molar-refractivity contribution in [3.8, 4) is 0 Å². The molecule has 1 rings (SSSR count). The minimum Gasteiger partial charge on any atom is -0.388 e. The molecule has 0 bridgehead atoms. The summed E-state index contributed by atoms with van der Waals surface area (Å²) in [7, 11) is 0. The molecule has 0 spiro atoms. The molecule has 1 aromatic carbocycles. The maximum atomic E-state index is 9.97. The van der Waals surface area contributed by atoms with E-state index in [9.17, 15) is 5.11 Å². The number of aliphatic hydroxyl groups is 1. The zero-order valence-electron chi connectivity index (χ0n) is 9.66. The van der Waals surface area contributed by atoms with Crippen LogP contribution in [0.5, 0.6) is 0 Å². The molecule has 0 fully saturated rings. The quantitative estimate of drug-likeness (QED) is 0.847. The molecule has 1 unspecified atom stereocenters. The van der Waals surface area contributed by atoms with Crippen molar-refractivity contribution in [1.82, 2.24) is 5.32 Å². The molecule has 0 amide bonds. The van der Waals surface area contributed by atoms with Gasteiger partial charge in [0.25, 0.3) is 0 Å². The van der Waals surface area contributed by atoms with E-state index in [4.69, 9.17) is 0 Å². The van der Waals surface area contributed by atoms with Gasteiger partial charge >= 0.3 is 0 Å². The van der Waals surface area contributed by atoms with Gasteiger partial charge in [0.15, 0.2) is 0 Å². The standard InChI is InChI=1S/C12H18BrNOS/c1-12(15,9-16-2)8-14-7-10-5-3-4-6-11(10)13/h3-6,14-15H,7-9H2,1-2H3. The van der Waals surface area contributed by atoms with E-state index in [1.165, 1.54) is 5.56 Å². The number of thioether (sulfide) groups is 1. The Morgan fingerprint density at radius 3 is 2.75 bits per heavy atom. The van der Waals surface area contributed by atoms with E-state index in [0.717, 1.165) is 16.8 Å².